The van der Waals surface area contributed by atoms with Crippen LogP contribution in [0.5, 0.6) is 0 Å². The molecule has 192 valence electrons. The van der Waals surface area contributed by atoms with E-state index in [0.29, 0.717) is 16.8 Å². The van der Waals surface area contributed by atoms with Gasteiger partial charge < -0.3 is 4.90 Å². The van der Waals surface area contributed by atoms with Crippen LogP contribution in [0.2, 0.25) is 0 Å². The number of allylic oxidation sites excluding steroid dienone is 1. The molecule has 0 radical (unpaired) electrons. The Morgan fingerprint density at radius 1 is 1.08 bits per heavy atom. The number of aryl methyl sites for hydroxylation is 1. The van der Waals surface area contributed by atoms with Gasteiger partial charge in [0.05, 0.1) is 5.69 Å². The highest BCUT2D eigenvalue weighted by Gasteiger charge is 2.45. The largest absolute Gasteiger partial charge is 0.369 e. The number of nitrogens with one attached hydrogen (secondary N) is 1. The van der Waals surface area contributed by atoms with E-state index in [2.05, 4.69) is 46.0 Å². The number of hydrogen-bond acceptors (Lipinski definition) is 5. The minimum Gasteiger partial charge on any atom is -0.369 e. The summed E-state index contributed by atoms with van der Waals surface area (Å²) < 4.78 is 28.9. The van der Waals surface area contributed by atoms with Crippen molar-refractivity contribution in [3.63, 3.8) is 0 Å². The van der Waals surface area contributed by atoms with Gasteiger partial charge in [-0.2, -0.15) is 0 Å². The van der Waals surface area contributed by atoms with Crippen LogP contribution in [0.1, 0.15) is 44.7 Å². The number of nitrogens with zero attached hydrogens (tertiary/aromatic N) is 3. The zero-order chi connectivity index (χ0) is 25.9. The van der Waals surface area contributed by atoms with Crippen LogP contribution in [0.25, 0.3) is 5.70 Å². The Kier molecular flexibility index (Phi) is 7.71. The van der Waals surface area contributed by atoms with E-state index in [9.17, 15) is 8.42 Å². The number of rotatable bonds is 9. The number of sulfonamides is 1. The monoisotopic (exact) mass is 506 g/mol. The molecule has 2 fully saturated rings. The fourth-order valence-electron chi connectivity index (χ4n) is 5.00. The molecule has 6 nitrogen and oxygen atoms in total. The van der Waals surface area contributed by atoms with E-state index < -0.39 is 10.0 Å². The maximum Gasteiger partial charge on any atom is 0.264 e. The van der Waals surface area contributed by atoms with Crippen LogP contribution in [0.3, 0.4) is 0 Å². The minimum atomic E-state index is -3.77. The molecule has 0 amide bonds. The number of hydrogen-bond donors (Lipinski definition) is 1. The molecule has 1 aliphatic heterocycles. The van der Waals surface area contributed by atoms with Crippen molar-refractivity contribution in [2.24, 2.45) is 10.4 Å². The van der Waals surface area contributed by atoms with Gasteiger partial charge in [0.15, 0.2) is 0 Å². The SMILES string of the molecule is C=C(c1ccc(NS(=O)(=O)c2cccc(C)c2N=CC)cc1)N1CCN(CC2(/C(C)=C/C)CC2)CC1. The van der Waals surface area contributed by atoms with Crippen LogP contribution < -0.4 is 4.72 Å². The van der Waals surface area contributed by atoms with Crippen LogP contribution in [0.15, 0.2) is 70.6 Å². The average molecular weight is 507 g/mol. The zero-order valence-electron chi connectivity index (χ0n) is 21.9. The first kappa shape index (κ1) is 26.2. The molecule has 1 N–H and O–H groups in total. The Hall–Kier alpha value is -2.90. The fourth-order valence-corrected chi connectivity index (χ4v) is 6.29. The van der Waals surface area contributed by atoms with E-state index in [-0.39, 0.29) is 4.90 Å². The minimum absolute atomic E-state index is 0.171. The predicted molar refractivity (Wildman–Crippen MR) is 150 cm³/mol. The standard InChI is InChI=1S/C29H38N4O2S/c1-6-23(4)29(15-16-29)21-32-17-19-33(20-18-32)24(5)25-11-13-26(14-12-25)31-36(34,35)27-10-8-9-22(3)28(27)30-7-2/h6-14,31H,5,15-21H2,1-4H3/b23-6+,30-7?. The summed E-state index contributed by atoms with van der Waals surface area (Å²) in [5, 5.41) is 0. The maximum absolute atomic E-state index is 13.1. The van der Waals surface area contributed by atoms with Crippen LogP contribution in [-0.2, 0) is 10.0 Å². The topological polar surface area (TPSA) is 65.0 Å². The highest BCUT2D eigenvalue weighted by atomic mass is 32.2. The highest BCUT2D eigenvalue weighted by Crippen LogP contribution is 2.52. The summed E-state index contributed by atoms with van der Waals surface area (Å²) in [6.45, 7) is 17.5. The molecule has 4 rings (SSSR count). The van der Waals surface area contributed by atoms with Gasteiger partial charge in [0.2, 0.25) is 0 Å². The summed E-state index contributed by atoms with van der Waals surface area (Å²) in [4.78, 5) is 9.37. The second-order valence-corrected chi connectivity index (χ2v) is 11.6. The van der Waals surface area contributed by atoms with Gasteiger partial charge in [-0.25, -0.2) is 8.42 Å². The quantitative estimate of drug-likeness (QED) is 0.342. The van der Waals surface area contributed by atoms with Crippen LogP contribution in [0.4, 0.5) is 11.4 Å². The van der Waals surface area contributed by atoms with Crippen molar-refractivity contribution in [1.82, 2.24) is 9.80 Å². The lowest BCUT2D eigenvalue weighted by atomic mass is 9.96. The van der Waals surface area contributed by atoms with E-state index in [1.165, 1.54) is 18.4 Å². The lowest BCUT2D eigenvalue weighted by molar-refractivity contribution is 0.156. The predicted octanol–water partition coefficient (Wildman–Crippen LogP) is 5.85. The number of benzene rings is 2. The molecule has 1 aliphatic carbocycles. The zero-order valence-corrected chi connectivity index (χ0v) is 22.7. The molecule has 1 saturated carbocycles. The van der Waals surface area contributed by atoms with Crippen molar-refractivity contribution in [1.29, 1.82) is 0 Å². The summed E-state index contributed by atoms with van der Waals surface area (Å²) in [7, 11) is -3.77. The number of anilines is 1. The van der Waals surface area contributed by atoms with Crippen molar-refractivity contribution in [2.75, 3.05) is 37.4 Å². The third-order valence-electron chi connectivity index (χ3n) is 7.62. The highest BCUT2D eigenvalue weighted by molar-refractivity contribution is 7.92. The van der Waals surface area contributed by atoms with Gasteiger partial charge in [0, 0.05) is 55.7 Å². The van der Waals surface area contributed by atoms with Gasteiger partial charge in [-0.05, 0) is 69.9 Å². The second kappa shape index (κ2) is 10.6. The summed E-state index contributed by atoms with van der Waals surface area (Å²) in [5.41, 5.74) is 5.71. The van der Waals surface area contributed by atoms with Crippen molar-refractivity contribution < 1.29 is 8.42 Å². The normalized spacial score (nSPS) is 18.4. The van der Waals surface area contributed by atoms with E-state index in [1.54, 1.807) is 37.4 Å². The van der Waals surface area contributed by atoms with Crippen molar-refractivity contribution in [3.05, 3.63) is 71.8 Å². The molecule has 1 heterocycles. The number of para-hydroxylation sites is 1. The lowest BCUT2D eigenvalue weighted by Crippen LogP contribution is -2.47. The maximum atomic E-state index is 13.1. The van der Waals surface area contributed by atoms with E-state index in [4.69, 9.17) is 0 Å². The second-order valence-electron chi connectivity index (χ2n) is 9.95. The van der Waals surface area contributed by atoms with Gasteiger partial charge in [-0.3, -0.25) is 14.6 Å². The van der Waals surface area contributed by atoms with Gasteiger partial charge >= 0.3 is 0 Å². The Bertz CT molecular complexity index is 1270. The smallest absolute Gasteiger partial charge is 0.264 e. The van der Waals surface area contributed by atoms with Crippen molar-refractivity contribution in [2.45, 2.75) is 45.4 Å². The van der Waals surface area contributed by atoms with Crippen LogP contribution in [0, 0.1) is 12.3 Å². The molecule has 0 spiro atoms. The average Bonchev–Trinajstić information content (AvgIpc) is 3.65. The molecule has 0 unspecified atom stereocenters. The molecule has 1 saturated heterocycles. The van der Waals surface area contributed by atoms with E-state index in [1.807, 2.05) is 25.1 Å². The first-order valence-corrected chi connectivity index (χ1v) is 14.2. The number of piperazine rings is 1. The molecule has 0 aromatic heterocycles. The lowest BCUT2D eigenvalue weighted by Gasteiger charge is -2.39. The molecule has 7 heteroatoms. The molecule has 36 heavy (non-hydrogen) atoms. The molecular weight excluding hydrogens is 468 g/mol. The third kappa shape index (κ3) is 5.57. The van der Waals surface area contributed by atoms with Crippen LogP contribution >= 0.6 is 0 Å². The summed E-state index contributed by atoms with van der Waals surface area (Å²) in [6, 6.07) is 12.6. The van der Waals surface area contributed by atoms with Crippen molar-refractivity contribution >= 4 is 33.3 Å². The van der Waals surface area contributed by atoms with E-state index >= 15 is 0 Å². The first-order chi connectivity index (χ1) is 17.2. The van der Waals surface area contributed by atoms with E-state index in [0.717, 1.165) is 49.5 Å². The molecule has 2 aromatic carbocycles. The number of aliphatic imine (C=N–C) groups is 1. The Balaban J connectivity index is 1.38. The third-order valence-corrected chi connectivity index (χ3v) is 9.04. The van der Waals surface area contributed by atoms with Gasteiger partial charge in [-0.1, -0.05) is 42.5 Å². The molecule has 2 aliphatic rings. The summed E-state index contributed by atoms with van der Waals surface area (Å²) in [6.07, 6.45) is 6.50. The van der Waals surface area contributed by atoms with Gasteiger partial charge in [0.25, 0.3) is 10.0 Å². The Morgan fingerprint density at radius 2 is 1.75 bits per heavy atom. The van der Waals surface area contributed by atoms with Crippen LogP contribution in [-0.4, -0.2) is 57.2 Å². The Labute approximate surface area is 216 Å². The molecule has 0 atom stereocenters. The summed E-state index contributed by atoms with van der Waals surface area (Å²) >= 11 is 0. The van der Waals surface area contributed by atoms with Gasteiger partial charge in [-0.15, -0.1) is 0 Å². The summed E-state index contributed by atoms with van der Waals surface area (Å²) in [5.74, 6) is 0. The fraction of sp³-hybridized carbons (Fsp3) is 0.414. The molecule has 2 aromatic rings. The Morgan fingerprint density at radius 3 is 2.33 bits per heavy atom. The molecule has 0 bridgehead atoms. The molecular formula is C29H38N4O2S. The first-order valence-electron chi connectivity index (χ1n) is 12.7. The van der Waals surface area contributed by atoms with Gasteiger partial charge in [0.1, 0.15) is 4.90 Å². The van der Waals surface area contributed by atoms with Crippen molar-refractivity contribution in [3.8, 4) is 0 Å².